The molecule has 0 fully saturated rings. The quantitative estimate of drug-likeness (QED) is 0.756. The highest BCUT2D eigenvalue weighted by Crippen LogP contribution is 2.26. The molecule has 1 atom stereocenters. The van der Waals surface area contributed by atoms with Gasteiger partial charge in [0.25, 0.3) is 0 Å². The average molecular weight is 208 g/mol. The molecule has 0 saturated heterocycles. The zero-order chi connectivity index (χ0) is 11.5. The van der Waals surface area contributed by atoms with Gasteiger partial charge in [0.1, 0.15) is 17.6 Å². The number of methoxy groups -OCH3 is 1. The van der Waals surface area contributed by atoms with Gasteiger partial charge in [-0.15, -0.1) is 0 Å². The molecule has 2 nitrogen and oxygen atoms in total. The van der Waals surface area contributed by atoms with Crippen LogP contribution in [0, 0.1) is 5.41 Å². The number of ether oxygens (including phenoxy) is 2. The summed E-state index contributed by atoms with van der Waals surface area (Å²) in [6.45, 7) is 8.58. The molecule has 0 aliphatic carbocycles. The van der Waals surface area contributed by atoms with E-state index in [2.05, 4.69) is 27.7 Å². The van der Waals surface area contributed by atoms with Crippen LogP contribution in [-0.4, -0.2) is 13.2 Å². The van der Waals surface area contributed by atoms with E-state index in [9.17, 15) is 0 Å². The SMILES string of the molecule is COc1cccc(OC(C)C(C)(C)C)c1. The van der Waals surface area contributed by atoms with Crippen LogP contribution in [-0.2, 0) is 0 Å². The summed E-state index contributed by atoms with van der Waals surface area (Å²) in [5, 5.41) is 0. The minimum absolute atomic E-state index is 0.142. The van der Waals surface area contributed by atoms with E-state index < -0.39 is 0 Å². The van der Waals surface area contributed by atoms with Gasteiger partial charge in [0.2, 0.25) is 0 Å². The molecule has 0 aliphatic heterocycles. The third kappa shape index (κ3) is 3.46. The third-order valence-corrected chi connectivity index (χ3v) is 2.57. The second-order valence-corrected chi connectivity index (χ2v) is 4.81. The first-order chi connectivity index (χ1) is 6.93. The monoisotopic (exact) mass is 208 g/mol. The zero-order valence-corrected chi connectivity index (χ0v) is 10.2. The maximum atomic E-state index is 5.84. The van der Waals surface area contributed by atoms with Crippen LogP contribution in [0.2, 0.25) is 0 Å². The topological polar surface area (TPSA) is 18.5 Å². The van der Waals surface area contributed by atoms with Crippen LogP contribution in [0.3, 0.4) is 0 Å². The fourth-order valence-corrected chi connectivity index (χ4v) is 1.06. The van der Waals surface area contributed by atoms with Crippen molar-refractivity contribution in [3.63, 3.8) is 0 Å². The predicted octanol–water partition coefficient (Wildman–Crippen LogP) is 3.51. The molecule has 1 aromatic rings. The normalized spacial score (nSPS) is 13.4. The van der Waals surface area contributed by atoms with Gasteiger partial charge in [0.05, 0.1) is 7.11 Å². The molecule has 0 amide bonds. The Morgan fingerprint density at radius 1 is 1.13 bits per heavy atom. The minimum Gasteiger partial charge on any atom is -0.497 e. The van der Waals surface area contributed by atoms with Gasteiger partial charge in [-0.25, -0.2) is 0 Å². The van der Waals surface area contributed by atoms with Crippen molar-refractivity contribution in [1.82, 2.24) is 0 Å². The second-order valence-electron chi connectivity index (χ2n) is 4.81. The van der Waals surface area contributed by atoms with E-state index in [0.717, 1.165) is 11.5 Å². The highest BCUT2D eigenvalue weighted by Gasteiger charge is 2.21. The first kappa shape index (κ1) is 11.9. The van der Waals surface area contributed by atoms with Crippen molar-refractivity contribution in [3.05, 3.63) is 24.3 Å². The summed E-state index contributed by atoms with van der Waals surface area (Å²) in [7, 11) is 1.66. The smallest absolute Gasteiger partial charge is 0.123 e. The van der Waals surface area contributed by atoms with Crippen molar-refractivity contribution in [1.29, 1.82) is 0 Å². The molecule has 84 valence electrons. The molecule has 1 unspecified atom stereocenters. The summed E-state index contributed by atoms with van der Waals surface area (Å²) in [4.78, 5) is 0. The Balaban J connectivity index is 2.72. The van der Waals surface area contributed by atoms with Crippen LogP contribution in [0.1, 0.15) is 27.7 Å². The second kappa shape index (κ2) is 4.56. The van der Waals surface area contributed by atoms with Crippen LogP contribution in [0.25, 0.3) is 0 Å². The first-order valence-corrected chi connectivity index (χ1v) is 5.24. The molecule has 1 aromatic carbocycles. The summed E-state index contributed by atoms with van der Waals surface area (Å²) in [5.41, 5.74) is 0.142. The fourth-order valence-electron chi connectivity index (χ4n) is 1.06. The first-order valence-electron chi connectivity index (χ1n) is 5.24. The van der Waals surface area contributed by atoms with Crippen LogP contribution in [0.4, 0.5) is 0 Å². The van der Waals surface area contributed by atoms with Crippen molar-refractivity contribution < 1.29 is 9.47 Å². The number of rotatable bonds is 3. The van der Waals surface area contributed by atoms with E-state index in [0.29, 0.717) is 0 Å². The molecule has 0 radical (unpaired) electrons. The largest absolute Gasteiger partial charge is 0.497 e. The molecule has 1 rings (SSSR count). The lowest BCUT2D eigenvalue weighted by Gasteiger charge is -2.27. The summed E-state index contributed by atoms with van der Waals surface area (Å²) >= 11 is 0. The zero-order valence-electron chi connectivity index (χ0n) is 10.2. The van der Waals surface area contributed by atoms with Gasteiger partial charge in [0, 0.05) is 6.07 Å². The molecule has 0 N–H and O–H groups in total. The Bertz CT molecular complexity index is 313. The van der Waals surface area contributed by atoms with Gasteiger partial charge in [0.15, 0.2) is 0 Å². The molecule has 2 heteroatoms. The standard InChI is InChI=1S/C13H20O2/c1-10(13(2,3)4)15-12-8-6-7-11(9-12)14-5/h6-10H,1-5H3. The van der Waals surface area contributed by atoms with E-state index >= 15 is 0 Å². The van der Waals surface area contributed by atoms with Crippen molar-refractivity contribution in [2.75, 3.05) is 7.11 Å². The van der Waals surface area contributed by atoms with Gasteiger partial charge >= 0.3 is 0 Å². The molecular weight excluding hydrogens is 188 g/mol. The molecule has 15 heavy (non-hydrogen) atoms. The predicted molar refractivity (Wildman–Crippen MR) is 62.5 cm³/mol. The van der Waals surface area contributed by atoms with Crippen molar-refractivity contribution >= 4 is 0 Å². The van der Waals surface area contributed by atoms with Crippen molar-refractivity contribution in [2.24, 2.45) is 5.41 Å². The van der Waals surface area contributed by atoms with E-state index in [1.54, 1.807) is 7.11 Å². The molecule has 0 bridgehead atoms. The Morgan fingerprint density at radius 3 is 2.27 bits per heavy atom. The van der Waals surface area contributed by atoms with Gasteiger partial charge in [-0.3, -0.25) is 0 Å². The molecule has 0 saturated carbocycles. The van der Waals surface area contributed by atoms with Crippen LogP contribution in [0.5, 0.6) is 11.5 Å². The van der Waals surface area contributed by atoms with Gasteiger partial charge in [-0.1, -0.05) is 26.8 Å². The number of benzene rings is 1. The Morgan fingerprint density at radius 2 is 1.73 bits per heavy atom. The molecule has 0 spiro atoms. The van der Waals surface area contributed by atoms with E-state index in [1.807, 2.05) is 24.3 Å². The summed E-state index contributed by atoms with van der Waals surface area (Å²) in [5.74, 6) is 1.69. The number of hydrogen-bond acceptors (Lipinski definition) is 2. The third-order valence-electron chi connectivity index (χ3n) is 2.57. The maximum Gasteiger partial charge on any atom is 0.123 e. The molecule has 0 aromatic heterocycles. The van der Waals surface area contributed by atoms with E-state index in [-0.39, 0.29) is 11.5 Å². The van der Waals surface area contributed by atoms with Crippen molar-refractivity contribution in [3.8, 4) is 11.5 Å². The summed E-state index contributed by atoms with van der Waals surface area (Å²) in [6, 6.07) is 7.70. The van der Waals surface area contributed by atoms with Crippen molar-refractivity contribution in [2.45, 2.75) is 33.8 Å². The molecule has 0 heterocycles. The fraction of sp³-hybridized carbons (Fsp3) is 0.538. The lowest BCUT2D eigenvalue weighted by atomic mass is 9.90. The summed E-state index contributed by atoms with van der Waals surface area (Å²) in [6.07, 6.45) is 0.171. The Hall–Kier alpha value is -1.18. The summed E-state index contributed by atoms with van der Waals surface area (Å²) < 4.78 is 11.0. The van der Waals surface area contributed by atoms with Crippen LogP contribution in [0.15, 0.2) is 24.3 Å². The van der Waals surface area contributed by atoms with Crippen LogP contribution < -0.4 is 9.47 Å². The van der Waals surface area contributed by atoms with Gasteiger partial charge in [-0.2, -0.15) is 0 Å². The van der Waals surface area contributed by atoms with Crippen LogP contribution >= 0.6 is 0 Å². The molecular formula is C13H20O2. The minimum atomic E-state index is 0.142. The lowest BCUT2D eigenvalue weighted by Crippen LogP contribution is -2.28. The lowest BCUT2D eigenvalue weighted by molar-refractivity contribution is 0.103. The Kier molecular flexibility index (Phi) is 3.61. The van der Waals surface area contributed by atoms with Gasteiger partial charge < -0.3 is 9.47 Å². The maximum absolute atomic E-state index is 5.84. The van der Waals surface area contributed by atoms with E-state index in [1.165, 1.54) is 0 Å². The Labute approximate surface area is 92.2 Å². The highest BCUT2D eigenvalue weighted by atomic mass is 16.5. The number of hydrogen-bond donors (Lipinski definition) is 0. The average Bonchev–Trinajstić information content (AvgIpc) is 2.16. The molecule has 0 aliphatic rings. The van der Waals surface area contributed by atoms with Gasteiger partial charge in [-0.05, 0) is 24.5 Å². The highest BCUT2D eigenvalue weighted by molar-refractivity contribution is 5.33. The van der Waals surface area contributed by atoms with E-state index in [4.69, 9.17) is 9.47 Å².